The van der Waals surface area contributed by atoms with Crippen molar-refractivity contribution in [1.82, 2.24) is 4.90 Å². The fraction of sp³-hybridized carbons (Fsp3) is 0.409. The van der Waals surface area contributed by atoms with Crippen LogP contribution >= 0.6 is 0 Å². The number of hydrogen-bond acceptors (Lipinski definition) is 4. The highest BCUT2D eigenvalue weighted by atomic mass is 16.6. The van der Waals surface area contributed by atoms with Crippen molar-refractivity contribution in [2.24, 2.45) is 0 Å². The van der Waals surface area contributed by atoms with Crippen molar-refractivity contribution in [1.29, 1.82) is 0 Å². The lowest BCUT2D eigenvalue weighted by atomic mass is 9.90. The normalized spacial score (nSPS) is 16.5. The standard InChI is InChI=1S/C22H27NO4/c1-22(2,3)27-21(24)23-14-17-9-7-6-8-15(17)12-18(23)16-10-11-19(25-4)20(13-16)26-5/h6-11,13,18H,12,14H2,1-5H3. The molecule has 1 atom stereocenters. The predicted molar refractivity (Wildman–Crippen MR) is 104 cm³/mol. The van der Waals surface area contributed by atoms with E-state index in [2.05, 4.69) is 12.1 Å². The molecular formula is C22H27NO4. The fourth-order valence-electron chi connectivity index (χ4n) is 3.39. The Morgan fingerprint density at radius 2 is 1.67 bits per heavy atom. The monoisotopic (exact) mass is 369 g/mol. The molecule has 1 aliphatic rings. The molecule has 144 valence electrons. The van der Waals surface area contributed by atoms with Crippen LogP contribution in [0.1, 0.15) is 43.5 Å². The summed E-state index contributed by atoms with van der Waals surface area (Å²) in [5.41, 5.74) is 2.85. The summed E-state index contributed by atoms with van der Waals surface area (Å²) in [4.78, 5) is 14.7. The third-order valence-corrected chi connectivity index (χ3v) is 4.67. The number of carbonyl (C=O) groups is 1. The lowest BCUT2D eigenvalue weighted by Gasteiger charge is -2.38. The van der Waals surface area contributed by atoms with Gasteiger partial charge < -0.3 is 14.2 Å². The van der Waals surface area contributed by atoms with Crippen molar-refractivity contribution in [2.45, 2.75) is 45.4 Å². The summed E-state index contributed by atoms with van der Waals surface area (Å²) in [6.45, 7) is 6.17. The Labute approximate surface area is 160 Å². The first kappa shape index (κ1) is 19.1. The van der Waals surface area contributed by atoms with Crippen molar-refractivity contribution in [2.75, 3.05) is 14.2 Å². The molecule has 27 heavy (non-hydrogen) atoms. The second-order valence-corrected chi connectivity index (χ2v) is 7.71. The highest BCUT2D eigenvalue weighted by Gasteiger charge is 2.34. The minimum atomic E-state index is -0.545. The van der Waals surface area contributed by atoms with Crippen LogP contribution in [0.15, 0.2) is 42.5 Å². The van der Waals surface area contributed by atoms with Gasteiger partial charge in [-0.1, -0.05) is 30.3 Å². The first-order valence-electron chi connectivity index (χ1n) is 9.10. The van der Waals surface area contributed by atoms with E-state index in [0.717, 1.165) is 17.5 Å². The highest BCUT2D eigenvalue weighted by molar-refractivity contribution is 5.70. The first-order chi connectivity index (χ1) is 12.8. The Kier molecular flexibility index (Phi) is 5.31. The third-order valence-electron chi connectivity index (χ3n) is 4.67. The smallest absolute Gasteiger partial charge is 0.411 e. The van der Waals surface area contributed by atoms with Gasteiger partial charge in [0.25, 0.3) is 0 Å². The van der Waals surface area contributed by atoms with Crippen molar-refractivity contribution >= 4 is 6.09 Å². The van der Waals surface area contributed by atoms with Crippen molar-refractivity contribution in [3.63, 3.8) is 0 Å². The Balaban J connectivity index is 2.00. The molecule has 0 aliphatic carbocycles. The first-order valence-corrected chi connectivity index (χ1v) is 9.10. The number of ether oxygens (including phenoxy) is 3. The quantitative estimate of drug-likeness (QED) is 0.784. The van der Waals surface area contributed by atoms with Gasteiger partial charge in [0.2, 0.25) is 0 Å². The number of nitrogens with zero attached hydrogens (tertiary/aromatic N) is 1. The van der Waals surface area contributed by atoms with Crippen LogP contribution < -0.4 is 9.47 Å². The molecule has 0 fully saturated rings. The molecule has 0 N–H and O–H groups in total. The Bertz CT molecular complexity index is 825. The molecule has 5 heteroatoms. The minimum Gasteiger partial charge on any atom is -0.493 e. The van der Waals surface area contributed by atoms with Crippen LogP contribution in [0.25, 0.3) is 0 Å². The van der Waals surface area contributed by atoms with E-state index in [9.17, 15) is 4.79 Å². The molecule has 2 aromatic rings. The largest absolute Gasteiger partial charge is 0.493 e. The summed E-state index contributed by atoms with van der Waals surface area (Å²) >= 11 is 0. The SMILES string of the molecule is COc1ccc(C2Cc3ccccc3CN2C(=O)OC(C)(C)C)cc1OC. The molecule has 0 saturated carbocycles. The van der Waals surface area contributed by atoms with Gasteiger partial charge in [0, 0.05) is 6.54 Å². The van der Waals surface area contributed by atoms with Crippen molar-refractivity contribution in [3.8, 4) is 11.5 Å². The number of rotatable bonds is 3. The van der Waals surface area contributed by atoms with E-state index in [-0.39, 0.29) is 12.1 Å². The Morgan fingerprint density at radius 1 is 1.00 bits per heavy atom. The maximum Gasteiger partial charge on any atom is 0.411 e. The van der Waals surface area contributed by atoms with Gasteiger partial charge >= 0.3 is 6.09 Å². The number of amides is 1. The molecule has 0 saturated heterocycles. The van der Waals surface area contributed by atoms with E-state index in [0.29, 0.717) is 18.0 Å². The highest BCUT2D eigenvalue weighted by Crippen LogP contribution is 2.38. The predicted octanol–water partition coefficient (Wildman–Crippen LogP) is 4.74. The van der Waals surface area contributed by atoms with Crippen molar-refractivity contribution < 1.29 is 19.0 Å². The van der Waals surface area contributed by atoms with Crippen LogP contribution in [0, 0.1) is 0 Å². The molecule has 0 spiro atoms. The van der Waals surface area contributed by atoms with Crippen LogP contribution in [0.5, 0.6) is 11.5 Å². The maximum absolute atomic E-state index is 12.9. The second-order valence-electron chi connectivity index (χ2n) is 7.71. The molecule has 5 nitrogen and oxygen atoms in total. The summed E-state index contributed by atoms with van der Waals surface area (Å²) in [7, 11) is 3.23. The average molecular weight is 369 g/mol. The van der Waals surface area contributed by atoms with E-state index in [1.165, 1.54) is 5.56 Å². The lowest BCUT2D eigenvalue weighted by Crippen LogP contribution is -2.42. The Hall–Kier alpha value is -2.69. The topological polar surface area (TPSA) is 48.0 Å². The van der Waals surface area contributed by atoms with Crippen LogP contribution in [0.4, 0.5) is 4.79 Å². The molecule has 1 heterocycles. The Morgan fingerprint density at radius 3 is 2.30 bits per heavy atom. The fourth-order valence-corrected chi connectivity index (χ4v) is 3.39. The van der Waals surface area contributed by atoms with Crippen LogP contribution in [0.3, 0.4) is 0 Å². The molecular weight excluding hydrogens is 342 g/mol. The summed E-state index contributed by atoms with van der Waals surface area (Å²) in [5, 5.41) is 0. The van der Waals surface area contributed by atoms with Gasteiger partial charge in [0.05, 0.1) is 20.3 Å². The van der Waals surface area contributed by atoms with Gasteiger partial charge in [-0.3, -0.25) is 4.90 Å². The third kappa shape index (κ3) is 4.18. The zero-order valence-corrected chi connectivity index (χ0v) is 16.6. The lowest BCUT2D eigenvalue weighted by molar-refractivity contribution is 0.0115. The number of hydrogen-bond donors (Lipinski definition) is 0. The van der Waals surface area contributed by atoms with E-state index < -0.39 is 5.60 Å². The van der Waals surface area contributed by atoms with Gasteiger partial charge in [-0.05, 0) is 56.0 Å². The van der Waals surface area contributed by atoms with Crippen molar-refractivity contribution in [3.05, 3.63) is 59.2 Å². The maximum atomic E-state index is 12.9. The van der Waals surface area contributed by atoms with E-state index in [4.69, 9.17) is 14.2 Å². The van der Waals surface area contributed by atoms with Crippen LogP contribution in [0.2, 0.25) is 0 Å². The second kappa shape index (κ2) is 7.51. The molecule has 1 aliphatic heterocycles. The molecule has 0 aromatic heterocycles. The molecule has 1 amide bonds. The van der Waals surface area contributed by atoms with Gasteiger partial charge in [-0.15, -0.1) is 0 Å². The molecule has 1 unspecified atom stereocenters. The summed E-state index contributed by atoms with van der Waals surface area (Å²) < 4.78 is 16.5. The summed E-state index contributed by atoms with van der Waals surface area (Å²) in [6, 6.07) is 13.9. The van der Waals surface area contributed by atoms with Gasteiger partial charge in [-0.25, -0.2) is 4.79 Å². The van der Waals surface area contributed by atoms with Gasteiger partial charge in [-0.2, -0.15) is 0 Å². The zero-order valence-electron chi connectivity index (χ0n) is 16.6. The van der Waals surface area contributed by atoms with E-state index in [1.807, 2.05) is 51.1 Å². The van der Waals surface area contributed by atoms with E-state index >= 15 is 0 Å². The van der Waals surface area contributed by atoms with E-state index in [1.54, 1.807) is 19.1 Å². The molecule has 3 rings (SSSR count). The summed E-state index contributed by atoms with van der Waals surface area (Å²) in [5.74, 6) is 1.32. The van der Waals surface area contributed by atoms with Gasteiger partial charge in [0.15, 0.2) is 11.5 Å². The number of benzene rings is 2. The van der Waals surface area contributed by atoms with Gasteiger partial charge in [0.1, 0.15) is 5.60 Å². The van der Waals surface area contributed by atoms with Crippen LogP contribution in [-0.2, 0) is 17.7 Å². The zero-order chi connectivity index (χ0) is 19.6. The molecule has 0 radical (unpaired) electrons. The average Bonchev–Trinajstić information content (AvgIpc) is 2.65. The number of fused-ring (bicyclic) bond motifs is 1. The van der Waals surface area contributed by atoms with Crippen LogP contribution in [-0.4, -0.2) is 30.8 Å². The number of carbonyl (C=O) groups excluding carboxylic acids is 1. The minimum absolute atomic E-state index is 0.130. The molecule has 0 bridgehead atoms. The summed E-state index contributed by atoms with van der Waals surface area (Å²) in [6.07, 6.45) is 0.419. The molecule has 2 aromatic carbocycles. The number of methoxy groups -OCH3 is 2.